The zero-order valence-corrected chi connectivity index (χ0v) is 8.38. The Morgan fingerprint density at radius 1 is 1.54 bits per heavy atom. The molecule has 1 unspecified atom stereocenters. The van der Waals surface area contributed by atoms with E-state index in [0.29, 0.717) is 6.04 Å². The minimum absolute atomic E-state index is 0.491. The molecule has 0 aromatic carbocycles. The van der Waals surface area contributed by atoms with Gasteiger partial charge in [-0.15, -0.1) is 0 Å². The molecule has 13 heavy (non-hydrogen) atoms. The molecule has 1 aromatic heterocycles. The van der Waals surface area contributed by atoms with Crippen molar-refractivity contribution in [1.82, 2.24) is 9.55 Å². The molecule has 2 N–H and O–H groups in total. The van der Waals surface area contributed by atoms with Gasteiger partial charge in [-0.1, -0.05) is 0 Å². The van der Waals surface area contributed by atoms with Crippen LogP contribution in [0.4, 0.5) is 0 Å². The summed E-state index contributed by atoms with van der Waals surface area (Å²) in [5.74, 6) is 1.13. The lowest BCUT2D eigenvalue weighted by Gasteiger charge is -2.25. The summed E-state index contributed by atoms with van der Waals surface area (Å²) in [5, 5.41) is 0. The van der Waals surface area contributed by atoms with Crippen molar-refractivity contribution in [3.05, 3.63) is 17.2 Å². The van der Waals surface area contributed by atoms with Crippen LogP contribution < -0.4 is 5.73 Å². The lowest BCUT2D eigenvalue weighted by Crippen LogP contribution is -2.25. The van der Waals surface area contributed by atoms with Crippen LogP contribution in [0.5, 0.6) is 0 Å². The standard InChI is InChI=1S/C10H17N3/c1-7-10-5-3-4-9(6-11)13(10)8(2)12-7/h9H,3-6,11H2,1-2H3. The number of rotatable bonds is 1. The van der Waals surface area contributed by atoms with Crippen LogP contribution in [0.2, 0.25) is 0 Å². The van der Waals surface area contributed by atoms with E-state index in [1.54, 1.807) is 0 Å². The molecule has 0 amide bonds. The number of hydrogen-bond acceptors (Lipinski definition) is 2. The van der Waals surface area contributed by atoms with Crippen molar-refractivity contribution in [2.75, 3.05) is 6.54 Å². The number of aryl methyl sites for hydroxylation is 2. The number of nitrogens with zero attached hydrogens (tertiary/aromatic N) is 2. The minimum Gasteiger partial charge on any atom is -0.328 e. The monoisotopic (exact) mass is 179 g/mol. The van der Waals surface area contributed by atoms with Gasteiger partial charge in [0.25, 0.3) is 0 Å². The molecule has 1 aromatic rings. The molecule has 0 fully saturated rings. The maximum Gasteiger partial charge on any atom is 0.106 e. The molecule has 0 spiro atoms. The molecular weight excluding hydrogens is 162 g/mol. The summed E-state index contributed by atoms with van der Waals surface area (Å²) in [6, 6.07) is 0.491. The van der Waals surface area contributed by atoms with E-state index in [4.69, 9.17) is 5.73 Å². The Labute approximate surface area is 79.0 Å². The predicted octanol–water partition coefficient (Wildman–Crippen LogP) is 1.34. The third kappa shape index (κ3) is 1.27. The van der Waals surface area contributed by atoms with Gasteiger partial charge in [0, 0.05) is 18.3 Å². The highest BCUT2D eigenvalue weighted by Crippen LogP contribution is 2.27. The third-order valence-corrected chi connectivity index (χ3v) is 2.97. The zero-order valence-electron chi connectivity index (χ0n) is 8.38. The van der Waals surface area contributed by atoms with Gasteiger partial charge in [-0.2, -0.15) is 0 Å². The number of aromatic nitrogens is 2. The average molecular weight is 179 g/mol. The Kier molecular flexibility index (Phi) is 2.12. The van der Waals surface area contributed by atoms with E-state index >= 15 is 0 Å². The summed E-state index contributed by atoms with van der Waals surface area (Å²) in [4.78, 5) is 4.50. The van der Waals surface area contributed by atoms with Gasteiger partial charge in [0.05, 0.1) is 5.69 Å². The lowest BCUT2D eigenvalue weighted by atomic mass is 10.0. The molecule has 3 heteroatoms. The van der Waals surface area contributed by atoms with E-state index in [9.17, 15) is 0 Å². The molecule has 0 saturated carbocycles. The number of nitrogens with two attached hydrogens (primary N) is 1. The number of fused-ring (bicyclic) bond motifs is 1. The van der Waals surface area contributed by atoms with E-state index < -0.39 is 0 Å². The zero-order chi connectivity index (χ0) is 9.42. The number of hydrogen-bond donors (Lipinski definition) is 1. The van der Waals surface area contributed by atoms with Crippen molar-refractivity contribution >= 4 is 0 Å². The first kappa shape index (κ1) is 8.75. The lowest BCUT2D eigenvalue weighted by molar-refractivity contribution is 0.401. The van der Waals surface area contributed by atoms with Gasteiger partial charge in [-0.05, 0) is 33.1 Å². The molecule has 1 atom stereocenters. The average Bonchev–Trinajstić information content (AvgIpc) is 2.43. The van der Waals surface area contributed by atoms with Crippen molar-refractivity contribution in [3.63, 3.8) is 0 Å². The third-order valence-electron chi connectivity index (χ3n) is 2.97. The van der Waals surface area contributed by atoms with Crippen molar-refractivity contribution in [3.8, 4) is 0 Å². The first-order valence-electron chi connectivity index (χ1n) is 4.98. The van der Waals surface area contributed by atoms with E-state index in [2.05, 4.69) is 23.4 Å². The van der Waals surface area contributed by atoms with Crippen LogP contribution in [-0.4, -0.2) is 16.1 Å². The summed E-state index contributed by atoms with van der Waals surface area (Å²) in [6.07, 6.45) is 3.64. The van der Waals surface area contributed by atoms with E-state index in [1.807, 2.05) is 0 Å². The largest absolute Gasteiger partial charge is 0.328 e. The fraction of sp³-hybridized carbons (Fsp3) is 0.700. The summed E-state index contributed by atoms with van der Waals surface area (Å²) >= 11 is 0. The van der Waals surface area contributed by atoms with Crippen molar-refractivity contribution < 1.29 is 0 Å². The van der Waals surface area contributed by atoms with Gasteiger partial charge >= 0.3 is 0 Å². The Hall–Kier alpha value is -0.830. The Morgan fingerprint density at radius 3 is 3.00 bits per heavy atom. The van der Waals surface area contributed by atoms with Crippen LogP contribution in [0.25, 0.3) is 0 Å². The molecule has 0 saturated heterocycles. The van der Waals surface area contributed by atoms with Crippen molar-refractivity contribution in [1.29, 1.82) is 0 Å². The number of imidazole rings is 1. The maximum absolute atomic E-state index is 5.75. The van der Waals surface area contributed by atoms with E-state index in [0.717, 1.165) is 12.4 Å². The topological polar surface area (TPSA) is 43.8 Å². The van der Waals surface area contributed by atoms with Crippen LogP contribution in [0.3, 0.4) is 0 Å². The van der Waals surface area contributed by atoms with Crippen LogP contribution >= 0.6 is 0 Å². The van der Waals surface area contributed by atoms with Crippen LogP contribution in [0, 0.1) is 13.8 Å². The summed E-state index contributed by atoms with van der Waals surface area (Å²) in [6.45, 7) is 4.91. The highest BCUT2D eigenvalue weighted by Gasteiger charge is 2.22. The van der Waals surface area contributed by atoms with Gasteiger partial charge in [-0.25, -0.2) is 4.98 Å². The molecule has 0 radical (unpaired) electrons. The van der Waals surface area contributed by atoms with Crippen LogP contribution in [-0.2, 0) is 6.42 Å². The highest BCUT2D eigenvalue weighted by molar-refractivity contribution is 5.18. The SMILES string of the molecule is Cc1nc(C)n2c1CCCC2CN. The molecule has 1 aliphatic heterocycles. The van der Waals surface area contributed by atoms with E-state index in [-0.39, 0.29) is 0 Å². The smallest absolute Gasteiger partial charge is 0.106 e. The van der Waals surface area contributed by atoms with Crippen molar-refractivity contribution in [2.45, 2.75) is 39.2 Å². The molecule has 72 valence electrons. The second-order valence-corrected chi connectivity index (χ2v) is 3.84. The molecule has 2 heterocycles. The van der Waals surface area contributed by atoms with Gasteiger partial charge in [-0.3, -0.25) is 0 Å². The second-order valence-electron chi connectivity index (χ2n) is 3.84. The fourth-order valence-corrected chi connectivity index (χ4v) is 2.37. The normalized spacial score (nSPS) is 21.6. The summed E-state index contributed by atoms with van der Waals surface area (Å²) in [7, 11) is 0. The molecule has 3 nitrogen and oxygen atoms in total. The van der Waals surface area contributed by atoms with Gasteiger partial charge in [0.2, 0.25) is 0 Å². The second kappa shape index (κ2) is 3.14. The summed E-state index contributed by atoms with van der Waals surface area (Å²) in [5.41, 5.74) is 8.34. The molecule has 0 bridgehead atoms. The first-order valence-corrected chi connectivity index (χ1v) is 4.98. The van der Waals surface area contributed by atoms with Crippen LogP contribution in [0.15, 0.2) is 0 Å². The van der Waals surface area contributed by atoms with Gasteiger partial charge < -0.3 is 10.3 Å². The van der Waals surface area contributed by atoms with Gasteiger partial charge in [0.15, 0.2) is 0 Å². The molecule has 0 aliphatic carbocycles. The quantitative estimate of drug-likeness (QED) is 0.707. The van der Waals surface area contributed by atoms with Gasteiger partial charge in [0.1, 0.15) is 5.82 Å². The minimum atomic E-state index is 0.491. The van der Waals surface area contributed by atoms with E-state index in [1.165, 1.54) is 30.7 Å². The molecule has 1 aliphatic rings. The Morgan fingerprint density at radius 2 is 2.31 bits per heavy atom. The summed E-state index contributed by atoms with van der Waals surface area (Å²) < 4.78 is 2.33. The first-order chi connectivity index (χ1) is 6.24. The van der Waals surface area contributed by atoms with Crippen molar-refractivity contribution in [2.24, 2.45) is 5.73 Å². The van der Waals surface area contributed by atoms with Crippen LogP contribution in [0.1, 0.15) is 36.1 Å². The predicted molar refractivity (Wildman–Crippen MR) is 52.7 cm³/mol. The fourth-order valence-electron chi connectivity index (χ4n) is 2.37. The maximum atomic E-state index is 5.75. The molecular formula is C10H17N3. The Balaban J connectivity index is 2.48. The molecule has 2 rings (SSSR count). The Bertz CT molecular complexity index is 314. The highest BCUT2D eigenvalue weighted by atomic mass is 15.1.